The van der Waals surface area contributed by atoms with E-state index in [1.54, 1.807) is 43.9 Å². The van der Waals surface area contributed by atoms with E-state index < -0.39 is 30.1 Å². The van der Waals surface area contributed by atoms with Crippen molar-refractivity contribution in [1.82, 2.24) is 24.4 Å². The Kier molecular flexibility index (Phi) is 11.3. The quantitative estimate of drug-likeness (QED) is 0.0910. The highest BCUT2D eigenvalue weighted by Crippen LogP contribution is 2.43. The number of rotatable bonds is 14. The molecule has 0 saturated carbocycles. The van der Waals surface area contributed by atoms with Gasteiger partial charge in [0.05, 0.1) is 33.5 Å². The molecule has 1 amide bonds. The minimum absolute atomic E-state index is 0.0415. The molecule has 4 unspecified atom stereocenters. The Hall–Kier alpha value is -5.41. The van der Waals surface area contributed by atoms with Gasteiger partial charge in [-0.15, -0.1) is 0 Å². The Morgan fingerprint density at radius 2 is 1.57 bits per heavy atom. The normalized spacial score (nSPS) is 18.9. The third kappa shape index (κ3) is 7.57. The molecule has 0 aliphatic carbocycles. The van der Waals surface area contributed by atoms with Crippen LogP contribution in [0, 0.1) is 5.92 Å². The number of hydrogen-bond acceptors (Lipinski definition) is 11. The lowest BCUT2D eigenvalue weighted by Gasteiger charge is -2.37. The van der Waals surface area contributed by atoms with Gasteiger partial charge in [0.1, 0.15) is 35.4 Å². The topological polar surface area (TPSA) is 155 Å². The lowest BCUT2D eigenvalue weighted by molar-refractivity contribution is -0.118. The molecule has 0 radical (unpaired) electrons. The fourth-order valence-corrected chi connectivity index (χ4v) is 6.27. The van der Waals surface area contributed by atoms with Crippen LogP contribution in [-0.4, -0.2) is 102 Å². The van der Waals surface area contributed by atoms with Crippen molar-refractivity contribution in [1.29, 1.82) is 0 Å². The molecular formula is C39H45N7O7. The average Bonchev–Trinajstić information content (AvgIpc) is 3.74. The monoisotopic (exact) mass is 723 g/mol. The summed E-state index contributed by atoms with van der Waals surface area (Å²) >= 11 is 0. The molecular weight excluding hydrogens is 678 g/mol. The molecule has 1 aliphatic rings. The molecule has 14 heteroatoms. The first kappa shape index (κ1) is 37.4. The lowest BCUT2D eigenvalue weighted by Crippen LogP contribution is -2.40. The molecule has 53 heavy (non-hydrogen) atoms. The molecule has 3 aromatic carbocycles. The second-order valence-electron chi connectivity index (χ2n) is 13.1. The maximum Gasteiger partial charge on any atom is 0.233 e. The maximum absolute atomic E-state index is 12.6. The number of methoxy groups -OCH3 is 3. The molecule has 14 nitrogen and oxygen atoms in total. The van der Waals surface area contributed by atoms with Crippen LogP contribution in [-0.2, 0) is 24.6 Å². The zero-order chi connectivity index (χ0) is 37.7. The van der Waals surface area contributed by atoms with E-state index in [1.807, 2.05) is 93.0 Å². The number of imidazole rings is 1. The number of nitrogens with zero attached hydrogens (tertiary/aromatic N) is 6. The first-order valence-electron chi connectivity index (χ1n) is 17.2. The molecule has 3 heterocycles. The first-order chi connectivity index (χ1) is 25.6. The predicted octanol–water partition coefficient (Wildman–Crippen LogP) is 4.94. The number of nitrogens with one attached hydrogen (secondary N) is 1. The van der Waals surface area contributed by atoms with Crippen LogP contribution in [0.5, 0.6) is 11.5 Å². The summed E-state index contributed by atoms with van der Waals surface area (Å²) in [6, 6.07) is 25.3. The van der Waals surface area contributed by atoms with Gasteiger partial charge in [-0.2, -0.15) is 9.97 Å². The minimum atomic E-state index is -1.14. The highest BCUT2D eigenvalue weighted by atomic mass is 16.6. The van der Waals surface area contributed by atoms with Crippen LogP contribution in [0.2, 0.25) is 0 Å². The van der Waals surface area contributed by atoms with E-state index >= 15 is 0 Å². The van der Waals surface area contributed by atoms with Gasteiger partial charge in [-0.1, -0.05) is 68.4 Å². The van der Waals surface area contributed by atoms with Crippen LogP contribution < -0.4 is 14.8 Å². The summed E-state index contributed by atoms with van der Waals surface area (Å²) in [5, 5.41) is 14.5. The number of carbonyl (C=O) groups is 1. The molecule has 2 N–H and O–H groups in total. The Morgan fingerprint density at radius 3 is 2.11 bits per heavy atom. The number of aromatic nitrogens is 4. The van der Waals surface area contributed by atoms with Gasteiger partial charge in [0.15, 0.2) is 23.2 Å². The van der Waals surface area contributed by atoms with Crippen LogP contribution in [0.3, 0.4) is 0 Å². The van der Waals surface area contributed by atoms with Gasteiger partial charge in [0.25, 0.3) is 0 Å². The number of anilines is 1. The number of aliphatic hydroxyl groups excluding tert-OH is 1. The summed E-state index contributed by atoms with van der Waals surface area (Å²) in [7, 11) is 8.41. The first-order valence-corrected chi connectivity index (χ1v) is 17.2. The Balaban J connectivity index is 1.39. The number of aliphatic hydroxyl groups is 1. The van der Waals surface area contributed by atoms with Crippen molar-refractivity contribution in [3.63, 3.8) is 0 Å². The SMILES string of the molecule is COc1ccc(C(OCC2OC(n3cnc4c(/N=C/N(C)C)nc(NC(=O)C(C)C)nc43)C(OC)C2O)(c2ccccc2)c2ccc(OC)cc2)cc1. The lowest BCUT2D eigenvalue weighted by atomic mass is 9.80. The van der Waals surface area contributed by atoms with Gasteiger partial charge in [-0.25, -0.2) is 9.98 Å². The minimum Gasteiger partial charge on any atom is -0.497 e. The number of amides is 1. The summed E-state index contributed by atoms with van der Waals surface area (Å²) in [4.78, 5) is 32.6. The average molecular weight is 724 g/mol. The molecule has 5 aromatic rings. The fraction of sp³-hybridized carbons (Fsp3) is 0.359. The summed E-state index contributed by atoms with van der Waals surface area (Å²) in [6.07, 6.45) is -0.563. The third-order valence-corrected chi connectivity index (χ3v) is 9.07. The summed E-state index contributed by atoms with van der Waals surface area (Å²) < 4.78 is 32.1. The van der Waals surface area contributed by atoms with E-state index in [1.165, 1.54) is 13.4 Å². The van der Waals surface area contributed by atoms with Crippen LogP contribution in [0.25, 0.3) is 11.2 Å². The molecule has 0 spiro atoms. The van der Waals surface area contributed by atoms with E-state index in [2.05, 4.69) is 25.3 Å². The van der Waals surface area contributed by atoms with Gasteiger partial charge < -0.3 is 33.7 Å². The van der Waals surface area contributed by atoms with Crippen molar-refractivity contribution in [2.24, 2.45) is 10.9 Å². The highest BCUT2D eigenvalue weighted by Gasteiger charge is 2.48. The van der Waals surface area contributed by atoms with E-state index in [9.17, 15) is 9.90 Å². The van der Waals surface area contributed by atoms with Crippen LogP contribution >= 0.6 is 0 Å². The molecule has 1 saturated heterocycles. The number of fused-ring (bicyclic) bond motifs is 1. The zero-order valence-electron chi connectivity index (χ0n) is 30.8. The fourth-order valence-electron chi connectivity index (χ4n) is 6.27. The second kappa shape index (κ2) is 16.1. The Morgan fingerprint density at radius 1 is 0.962 bits per heavy atom. The van der Waals surface area contributed by atoms with Gasteiger partial charge in [-0.05, 0) is 41.0 Å². The number of carbonyl (C=O) groups excluding carboxylic acids is 1. The summed E-state index contributed by atoms with van der Waals surface area (Å²) in [6.45, 7) is 3.51. The molecule has 2 aromatic heterocycles. The van der Waals surface area contributed by atoms with Crippen molar-refractivity contribution in [3.05, 3.63) is 102 Å². The highest BCUT2D eigenvalue weighted by molar-refractivity contribution is 5.92. The molecule has 0 bridgehead atoms. The zero-order valence-corrected chi connectivity index (χ0v) is 30.8. The number of hydrogen-bond donors (Lipinski definition) is 2. The maximum atomic E-state index is 12.6. The van der Waals surface area contributed by atoms with Crippen LogP contribution in [0.1, 0.15) is 36.8 Å². The van der Waals surface area contributed by atoms with Crippen molar-refractivity contribution in [3.8, 4) is 11.5 Å². The Labute approximate surface area is 308 Å². The van der Waals surface area contributed by atoms with Crippen molar-refractivity contribution in [2.45, 2.75) is 44.0 Å². The summed E-state index contributed by atoms with van der Waals surface area (Å²) in [5.74, 6) is 1.14. The number of benzene rings is 3. The van der Waals surface area contributed by atoms with Crippen LogP contribution in [0.15, 0.2) is 90.2 Å². The van der Waals surface area contributed by atoms with Gasteiger partial charge in [0.2, 0.25) is 11.9 Å². The second-order valence-corrected chi connectivity index (χ2v) is 13.1. The number of ether oxygens (including phenoxy) is 5. The van der Waals surface area contributed by atoms with E-state index in [-0.39, 0.29) is 30.2 Å². The molecule has 1 fully saturated rings. The standard InChI is InChI=1S/C39H45N7O7/c1-24(2)36(48)44-38-42-34(41-22-45(3)4)31-35(43-38)46(23-40-31)37-33(51-7)32(47)30(53-37)21-52-39(25-11-9-8-10-12-25,26-13-17-28(49-5)18-14-26)27-15-19-29(50-6)20-16-27/h8-20,22-24,30,32-33,37,47H,21H2,1-7H3,(H,42,43,44,48)/b41-22+. The predicted molar refractivity (Wildman–Crippen MR) is 200 cm³/mol. The molecule has 278 valence electrons. The van der Waals surface area contributed by atoms with Gasteiger partial charge in [-0.3, -0.25) is 14.7 Å². The van der Waals surface area contributed by atoms with Crippen molar-refractivity contribution < 1.29 is 33.6 Å². The van der Waals surface area contributed by atoms with E-state index in [4.69, 9.17) is 23.7 Å². The largest absolute Gasteiger partial charge is 0.497 e. The smallest absolute Gasteiger partial charge is 0.233 e. The molecule has 1 aliphatic heterocycles. The van der Waals surface area contributed by atoms with Gasteiger partial charge in [0, 0.05) is 27.1 Å². The third-order valence-electron chi connectivity index (χ3n) is 9.07. The van der Waals surface area contributed by atoms with Crippen molar-refractivity contribution in [2.75, 3.05) is 47.3 Å². The Bertz CT molecular complexity index is 1970. The van der Waals surface area contributed by atoms with Gasteiger partial charge >= 0.3 is 0 Å². The van der Waals surface area contributed by atoms with E-state index in [0.29, 0.717) is 22.7 Å². The summed E-state index contributed by atoms with van der Waals surface area (Å²) in [5.41, 5.74) is 2.10. The van der Waals surface area contributed by atoms with Crippen molar-refractivity contribution >= 4 is 35.2 Å². The number of aliphatic imine (C=N–C) groups is 1. The molecule has 6 rings (SSSR count). The van der Waals surface area contributed by atoms with Crippen LogP contribution in [0.4, 0.5) is 11.8 Å². The van der Waals surface area contributed by atoms with E-state index in [0.717, 1.165) is 16.7 Å². The molecule has 4 atom stereocenters.